The highest BCUT2D eigenvalue weighted by Crippen LogP contribution is 2.30. The van der Waals surface area contributed by atoms with Crippen molar-refractivity contribution < 1.29 is 13.9 Å². The maximum absolute atomic E-state index is 13.0. The van der Waals surface area contributed by atoms with Crippen LogP contribution in [-0.2, 0) is 9.53 Å². The van der Waals surface area contributed by atoms with E-state index in [0.29, 0.717) is 18.8 Å². The summed E-state index contributed by atoms with van der Waals surface area (Å²) in [6.07, 6.45) is 0.830. The van der Waals surface area contributed by atoms with Crippen molar-refractivity contribution >= 4 is 11.6 Å². The fourth-order valence-corrected chi connectivity index (χ4v) is 1.90. The molecule has 1 amide bonds. The van der Waals surface area contributed by atoms with Gasteiger partial charge in [0, 0.05) is 25.0 Å². The molecule has 2 N–H and O–H groups in total. The predicted molar refractivity (Wildman–Crippen MR) is 62.3 cm³/mol. The van der Waals surface area contributed by atoms with Crippen molar-refractivity contribution in [2.75, 3.05) is 25.6 Å². The van der Waals surface area contributed by atoms with Crippen molar-refractivity contribution in [2.24, 2.45) is 0 Å². The minimum atomic E-state index is -0.387. The molecule has 1 atom stereocenters. The highest BCUT2D eigenvalue weighted by Gasteiger charge is 2.29. The minimum Gasteiger partial charge on any atom is -0.385 e. The first-order chi connectivity index (χ1) is 8.22. The second-order valence-electron chi connectivity index (χ2n) is 3.95. The van der Waals surface area contributed by atoms with E-state index in [0.717, 1.165) is 12.0 Å². The van der Waals surface area contributed by atoms with Crippen LogP contribution in [-0.4, -0.2) is 26.2 Å². The van der Waals surface area contributed by atoms with Gasteiger partial charge in [-0.25, -0.2) is 4.39 Å². The molecule has 1 aromatic carbocycles. The van der Waals surface area contributed by atoms with Gasteiger partial charge < -0.3 is 15.4 Å². The number of nitrogens with one attached hydrogen (secondary N) is 2. The lowest BCUT2D eigenvalue weighted by Crippen LogP contribution is -2.28. The van der Waals surface area contributed by atoms with Crippen molar-refractivity contribution in [3.63, 3.8) is 0 Å². The third-order valence-electron chi connectivity index (χ3n) is 2.72. The zero-order chi connectivity index (χ0) is 12.3. The molecule has 0 aliphatic carbocycles. The number of ether oxygens (including phenoxy) is 1. The van der Waals surface area contributed by atoms with Gasteiger partial charge in [0.05, 0.1) is 0 Å². The Hall–Kier alpha value is -1.46. The van der Waals surface area contributed by atoms with Gasteiger partial charge in [0.15, 0.2) is 0 Å². The molecule has 17 heavy (non-hydrogen) atoms. The number of rotatable bonds is 5. The number of amides is 1. The largest absolute Gasteiger partial charge is 0.385 e. The molecule has 1 aromatic rings. The van der Waals surface area contributed by atoms with E-state index in [4.69, 9.17) is 4.74 Å². The molecular formula is C12H15FN2O2. The van der Waals surface area contributed by atoms with Crippen LogP contribution >= 0.6 is 0 Å². The molecule has 0 saturated carbocycles. The first-order valence-corrected chi connectivity index (χ1v) is 5.55. The highest BCUT2D eigenvalue weighted by atomic mass is 19.1. The van der Waals surface area contributed by atoms with E-state index < -0.39 is 0 Å². The van der Waals surface area contributed by atoms with Gasteiger partial charge >= 0.3 is 0 Å². The molecule has 1 aliphatic heterocycles. The average Bonchev–Trinajstić information content (AvgIpc) is 2.60. The second kappa shape index (κ2) is 5.25. The number of hydrogen-bond acceptors (Lipinski definition) is 3. The summed E-state index contributed by atoms with van der Waals surface area (Å²) in [7, 11) is 1.64. The van der Waals surface area contributed by atoms with Gasteiger partial charge in [0.2, 0.25) is 5.91 Å². The fourth-order valence-electron chi connectivity index (χ4n) is 1.90. The maximum Gasteiger partial charge on any atom is 0.246 e. The number of halogens is 1. The molecule has 2 rings (SSSR count). The molecule has 0 spiro atoms. The van der Waals surface area contributed by atoms with Gasteiger partial charge in [-0.05, 0) is 25.1 Å². The number of hydrogen-bond donors (Lipinski definition) is 2. The minimum absolute atomic E-state index is 0.136. The standard InChI is InChI=1S/C12H15FN2O2/c1-17-6-2-5-14-11-9-4-3-8(13)7-10(9)15-12(11)16/h3-4,7,11,14H,2,5-6H2,1H3,(H,15,16). The monoisotopic (exact) mass is 238 g/mol. The van der Waals surface area contributed by atoms with Crippen molar-refractivity contribution in [3.8, 4) is 0 Å². The topological polar surface area (TPSA) is 50.4 Å². The third-order valence-corrected chi connectivity index (χ3v) is 2.72. The number of carbonyl (C=O) groups excluding carboxylic acids is 1. The van der Waals surface area contributed by atoms with Crippen molar-refractivity contribution in [3.05, 3.63) is 29.6 Å². The zero-order valence-electron chi connectivity index (χ0n) is 9.63. The fraction of sp³-hybridized carbons (Fsp3) is 0.417. The lowest BCUT2D eigenvalue weighted by Gasteiger charge is -2.10. The molecule has 1 aliphatic rings. The summed E-state index contributed by atoms with van der Waals surface area (Å²) >= 11 is 0. The van der Waals surface area contributed by atoms with Gasteiger partial charge in [-0.2, -0.15) is 0 Å². The van der Waals surface area contributed by atoms with Crippen LogP contribution in [0.3, 0.4) is 0 Å². The van der Waals surface area contributed by atoms with Crippen LogP contribution in [0.15, 0.2) is 18.2 Å². The van der Waals surface area contributed by atoms with Crippen LogP contribution in [0, 0.1) is 5.82 Å². The summed E-state index contributed by atoms with van der Waals surface area (Å²) in [5.41, 5.74) is 1.35. The van der Waals surface area contributed by atoms with Crippen molar-refractivity contribution in [1.82, 2.24) is 5.32 Å². The average molecular weight is 238 g/mol. The van der Waals surface area contributed by atoms with E-state index >= 15 is 0 Å². The molecule has 0 fully saturated rings. The predicted octanol–water partition coefficient (Wildman–Crippen LogP) is 1.44. The summed E-state index contributed by atoms with van der Waals surface area (Å²) in [6, 6.07) is 3.95. The van der Waals surface area contributed by atoms with Crippen LogP contribution in [0.1, 0.15) is 18.0 Å². The Balaban J connectivity index is 2.02. The molecule has 4 nitrogen and oxygen atoms in total. The zero-order valence-corrected chi connectivity index (χ0v) is 9.63. The number of methoxy groups -OCH3 is 1. The summed E-state index contributed by atoms with van der Waals surface area (Å²) in [4.78, 5) is 11.7. The maximum atomic E-state index is 13.0. The Bertz CT molecular complexity index is 423. The summed E-state index contributed by atoms with van der Waals surface area (Å²) in [5, 5.41) is 5.78. The Kier molecular flexibility index (Phi) is 3.71. The van der Waals surface area contributed by atoms with E-state index in [1.807, 2.05) is 0 Å². The van der Waals surface area contributed by atoms with Crippen molar-refractivity contribution in [1.29, 1.82) is 0 Å². The second-order valence-corrected chi connectivity index (χ2v) is 3.95. The molecule has 5 heteroatoms. The van der Waals surface area contributed by atoms with Crippen LogP contribution in [0.5, 0.6) is 0 Å². The number of carbonyl (C=O) groups is 1. The smallest absolute Gasteiger partial charge is 0.246 e. The van der Waals surface area contributed by atoms with E-state index in [9.17, 15) is 9.18 Å². The number of fused-ring (bicyclic) bond motifs is 1. The van der Waals surface area contributed by atoms with Crippen molar-refractivity contribution in [2.45, 2.75) is 12.5 Å². The lowest BCUT2D eigenvalue weighted by molar-refractivity contribution is -0.117. The quantitative estimate of drug-likeness (QED) is 0.763. The molecule has 0 aromatic heterocycles. The molecule has 1 unspecified atom stereocenters. The van der Waals surface area contributed by atoms with Gasteiger partial charge in [-0.3, -0.25) is 4.79 Å². The van der Waals surface area contributed by atoms with E-state index in [2.05, 4.69) is 10.6 Å². The normalized spacial score (nSPS) is 18.0. The SMILES string of the molecule is COCCCNC1C(=O)Nc2cc(F)ccc21. The lowest BCUT2D eigenvalue weighted by atomic mass is 10.1. The highest BCUT2D eigenvalue weighted by molar-refractivity contribution is 6.02. The van der Waals surface area contributed by atoms with Gasteiger partial charge in [0.1, 0.15) is 11.9 Å². The molecule has 0 saturated heterocycles. The van der Waals surface area contributed by atoms with Crippen LogP contribution in [0.25, 0.3) is 0 Å². The number of anilines is 1. The molecule has 1 heterocycles. The Labute approximate surface area is 99.2 Å². The Morgan fingerprint density at radius 2 is 2.35 bits per heavy atom. The third kappa shape index (κ3) is 2.62. The first kappa shape index (κ1) is 12.0. The van der Waals surface area contributed by atoms with Crippen LogP contribution in [0.4, 0.5) is 10.1 Å². The molecular weight excluding hydrogens is 223 g/mol. The molecule has 0 radical (unpaired) electrons. The molecule has 0 bridgehead atoms. The van der Waals surface area contributed by atoms with E-state index in [1.165, 1.54) is 12.1 Å². The summed E-state index contributed by atoms with van der Waals surface area (Å²) in [6.45, 7) is 1.33. The van der Waals surface area contributed by atoms with E-state index in [-0.39, 0.29) is 17.8 Å². The van der Waals surface area contributed by atoms with Crippen LogP contribution in [0.2, 0.25) is 0 Å². The van der Waals surface area contributed by atoms with Gasteiger partial charge in [0.25, 0.3) is 0 Å². The van der Waals surface area contributed by atoms with Gasteiger partial charge in [-0.15, -0.1) is 0 Å². The Morgan fingerprint density at radius 3 is 3.12 bits per heavy atom. The van der Waals surface area contributed by atoms with Gasteiger partial charge in [-0.1, -0.05) is 6.07 Å². The molecule has 92 valence electrons. The Morgan fingerprint density at radius 1 is 1.53 bits per heavy atom. The van der Waals surface area contributed by atoms with Crippen LogP contribution < -0.4 is 10.6 Å². The van der Waals surface area contributed by atoms with E-state index in [1.54, 1.807) is 13.2 Å². The summed E-state index contributed by atoms with van der Waals surface area (Å²) in [5.74, 6) is -0.480. The first-order valence-electron chi connectivity index (χ1n) is 5.55. The summed E-state index contributed by atoms with van der Waals surface area (Å²) < 4.78 is 17.9. The number of benzene rings is 1.